The largest absolute Gasteiger partial charge is 0.461 e. The van der Waals surface area contributed by atoms with Gasteiger partial charge in [0.05, 0.1) is 18.7 Å². The van der Waals surface area contributed by atoms with Crippen LogP contribution in [0.5, 0.6) is 0 Å². The molecule has 1 aliphatic heterocycles. The van der Waals surface area contributed by atoms with Gasteiger partial charge in [-0.1, -0.05) is 16.8 Å². The minimum absolute atomic E-state index is 0.0842. The highest BCUT2D eigenvalue weighted by atomic mass is 35.5. The van der Waals surface area contributed by atoms with Gasteiger partial charge in [-0.25, -0.2) is 0 Å². The number of rotatable bonds is 5. The molecule has 1 aromatic carbocycles. The van der Waals surface area contributed by atoms with E-state index in [1.807, 2.05) is 0 Å². The molecule has 8 heteroatoms. The van der Waals surface area contributed by atoms with Gasteiger partial charge < -0.3 is 19.2 Å². The van der Waals surface area contributed by atoms with Gasteiger partial charge in [0.25, 0.3) is 0 Å². The van der Waals surface area contributed by atoms with Crippen molar-refractivity contribution in [3.05, 3.63) is 59.4 Å². The molecule has 27 heavy (non-hydrogen) atoms. The normalized spacial score (nSPS) is 16.7. The van der Waals surface area contributed by atoms with E-state index >= 15 is 0 Å². The number of nitrogens with zero attached hydrogens (tertiary/aromatic N) is 2. The maximum Gasteiger partial charge on any atom is 0.227 e. The molecule has 0 aliphatic carbocycles. The number of hydrogen-bond acceptors (Lipinski definition) is 5. The predicted molar refractivity (Wildman–Crippen MR) is 98.0 cm³/mol. The van der Waals surface area contributed by atoms with Crippen molar-refractivity contribution in [1.82, 2.24) is 10.5 Å². The number of aromatic nitrogens is 1. The average Bonchev–Trinajstić information content (AvgIpc) is 3.41. The Morgan fingerprint density at radius 3 is 2.81 bits per heavy atom. The van der Waals surface area contributed by atoms with Crippen molar-refractivity contribution < 1.29 is 18.5 Å². The van der Waals surface area contributed by atoms with Crippen molar-refractivity contribution in [2.75, 3.05) is 11.4 Å². The van der Waals surface area contributed by atoms with Crippen LogP contribution >= 0.6 is 11.6 Å². The second kappa shape index (κ2) is 7.28. The summed E-state index contributed by atoms with van der Waals surface area (Å²) in [7, 11) is 0. The molecule has 0 saturated carbocycles. The van der Waals surface area contributed by atoms with Crippen molar-refractivity contribution >= 4 is 29.1 Å². The molecule has 1 N–H and O–H groups in total. The van der Waals surface area contributed by atoms with Gasteiger partial charge in [0.1, 0.15) is 5.69 Å². The lowest BCUT2D eigenvalue weighted by Gasteiger charge is -2.16. The Bertz CT molecular complexity index is 950. The summed E-state index contributed by atoms with van der Waals surface area (Å²) in [4.78, 5) is 26.3. The van der Waals surface area contributed by atoms with E-state index in [1.54, 1.807) is 53.6 Å². The molecule has 1 aliphatic rings. The number of carbonyl (C=O) groups excluding carboxylic acids is 2. The third kappa shape index (κ3) is 3.73. The number of benzene rings is 1. The maximum atomic E-state index is 12.4. The van der Waals surface area contributed by atoms with Gasteiger partial charge in [0.15, 0.2) is 5.76 Å². The van der Waals surface area contributed by atoms with Crippen LogP contribution in [0.1, 0.15) is 12.1 Å². The highest BCUT2D eigenvalue weighted by Crippen LogP contribution is 2.26. The number of nitrogens with one attached hydrogen (secondary N) is 1. The number of carbonyl (C=O) groups is 2. The van der Waals surface area contributed by atoms with Gasteiger partial charge in [-0.3, -0.25) is 9.59 Å². The number of anilines is 1. The molecule has 1 unspecified atom stereocenters. The van der Waals surface area contributed by atoms with Crippen molar-refractivity contribution in [2.45, 2.75) is 13.0 Å². The van der Waals surface area contributed by atoms with E-state index in [0.717, 1.165) is 5.69 Å². The van der Waals surface area contributed by atoms with Gasteiger partial charge in [-0.05, 0) is 36.4 Å². The smallest absolute Gasteiger partial charge is 0.227 e. The van der Waals surface area contributed by atoms with E-state index in [4.69, 9.17) is 20.5 Å². The van der Waals surface area contributed by atoms with Crippen LogP contribution in [0.4, 0.5) is 5.69 Å². The molecule has 0 bridgehead atoms. The molecule has 1 fully saturated rings. The molecule has 2 amide bonds. The van der Waals surface area contributed by atoms with Gasteiger partial charge in [0, 0.05) is 29.7 Å². The van der Waals surface area contributed by atoms with E-state index in [2.05, 4.69) is 10.5 Å². The van der Waals surface area contributed by atoms with Gasteiger partial charge in [-0.15, -0.1) is 0 Å². The molecular weight excluding hydrogens is 370 g/mol. The van der Waals surface area contributed by atoms with Crippen LogP contribution in [0.2, 0.25) is 5.02 Å². The minimum Gasteiger partial charge on any atom is -0.461 e. The van der Waals surface area contributed by atoms with Crippen LogP contribution in [-0.2, 0) is 16.1 Å². The van der Waals surface area contributed by atoms with Gasteiger partial charge in [-0.2, -0.15) is 0 Å². The lowest BCUT2D eigenvalue weighted by Crippen LogP contribution is -2.32. The van der Waals surface area contributed by atoms with E-state index < -0.39 is 5.92 Å². The zero-order valence-corrected chi connectivity index (χ0v) is 15.0. The Balaban J connectivity index is 1.35. The Morgan fingerprint density at radius 2 is 2.07 bits per heavy atom. The highest BCUT2D eigenvalue weighted by Gasteiger charge is 2.35. The molecule has 7 nitrogen and oxygen atoms in total. The van der Waals surface area contributed by atoms with Crippen molar-refractivity contribution in [1.29, 1.82) is 0 Å². The molecule has 1 atom stereocenters. The molecule has 3 heterocycles. The first-order valence-electron chi connectivity index (χ1n) is 8.43. The van der Waals surface area contributed by atoms with Crippen molar-refractivity contribution in [3.8, 4) is 11.5 Å². The molecule has 0 spiro atoms. The summed E-state index contributed by atoms with van der Waals surface area (Å²) >= 11 is 5.88. The van der Waals surface area contributed by atoms with Crippen LogP contribution < -0.4 is 10.2 Å². The summed E-state index contributed by atoms with van der Waals surface area (Å²) in [6.07, 6.45) is 1.72. The first-order valence-corrected chi connectivity index (χ1v) is 8.81. The molecule has 138 valence electrons. The summed E-state index contributed by atoms with van der Waals surface area (Å²) in [6, 6.07) is 12.2. The monoisotopic (exact) mass is 385 g/mol. The topological polar surface area (TPSA) is 88.6 Å². The third-order valence-electron chi connectivity index (χ3n) is 4.40. The molecule has 2 aromatic heterocycles. The predicted octanol–water partition coefficient (Wildman–Crippen LogP) is 3.26. The SMILES string of the molecule is O=C(NCc1cc(-c2ccco2)on1)C1CC(=O)N(c2ccc(Cl)cc2)C1. The Labute approximate surface area is 159 Å². The quantitative estimate of drug-likeness (QED) is 0.728. The second-order valence-electron chi connectivity index (χ2n) is 6.26. The molecule has 0 radical (unpaired) electrons. The maximum absolute atomic E-state index is 12.4. The van der Waals surface area contributed by atoms with Crippen molar-refractivity contribution in [3.63, 3.8) is 0 Å². The first-order chi connectivity index (χ1) is 13.1. The highest BCUT2D eigenvalue weighted by molar-refractivity contribution is 6.30. The van der Waals surface area contributed by atoms with Crippen LogP contribution in [0.3, 0.4) is 0 Å². The first kappa shape index (κ1) is 17.4. The minimum atomic E-state index is -0.412. The fourth-order valence-corrected chi connectivity index (χ4v) is 3.13. The summed E-state index contributed by atoms with van der Waals surface area (Å²) in [5.41, 5.74) is 1.31. The van der Waals surface area contributed by atoms with Crippen LogP contribution in [0.15, 0.2) is 57.7 Å². The summed E-state index contributed by atoms with van der Waals surface area (Å²) in [5, 5.41) is 7.32. The number of amides is 2. The standard InChI is InChI=1S/C19H16ClN3O4/c20-13-3-5-15(6-4-13)23-11-12(8-18(23)24)19(25)21-10-14-9-17(27-22-14)16-2-1-7-26-16/h1-7,9,12H,8,10-11H2,(H,21,25). The van der Waals surface area contributed by atoms with Crippen LogP contribution in [0.25, 0.3) is 11.5 Å². The molecular formula is C19H16ClN3O4. The Morgan fingerprint density at radius 1 is 1.26 bits per heavy atom. The van der Waals surface area contributed by atoms with E-state index in [-0.39, 0.29) is 24.8 Å². The summed E-state index contributed by atoms with van der Waals surface area (Å²) < 4.78 is 10.4. The third-order valence-corrected chi connectivity index (χ3v) is 4.65. The number of halogens is 1. The lowest BCUT2D eigenvalue weighted by atomic mass is 10.1. The zero-order valence-electron chi connectivity index (χ0n) is 14.2. The average molecular weight is 386 g/mol. The van der Waals surface area contributed by atoms with Crippen LogP contribution in [0, 0.1) is 5.92 Å². The van der Waals surface area contributed by atoms with Crippen molar-refractivity contribution in [2.24, 2.45) is 5.92 Å². The molecule has 1 saturated heterocycles. The fourth-order valence-electron chi connectivity index (χ4n) is 3.01. The number of hydrogen-bond donors (Lipinski definition) is 1. The van der Waals surface area contributed by atoms with E-state index in [9.17, 15) is 9.59 Å². The Kier molecular flexibility index (Phi) is 4.68. The van der Waals surface area contributed by atoms with Gasteiger partial charge in [0.2, 0.25) is 17.6 Å². The summed E-state index contributed by atoms with van der Waals surface area (Å²) in [5.74, 6) is 0.375. The second-order valence-corrected chi connectivity index (χ2v) is 6.70. The number of furan rings is 1. The van der Waals surface area contributed by atoms with Crippen LogP contribution in [-0.4, -0.2) is 23.5 Å². The van der Waals surface area contributed by atoms with E-state index in [0.29, 0.717) is 28.8 Å². The van der Waals surface area contributed by atoms with Gasteiger partial charge >= 0.3 is 0 Å². The Hall–Kier alpha value is -3.06. The lowest BCUT2D eigenvalue weighted by molar-refractivity contribution is -0.126. The molecule has 4 rings (SSSR count). The fraction of sp³-hybridized carbons (Fsp3) is 0.211. The zero-order chi connectivity index (χ0) is 18.8. The van der Waals surface area contributed by atoms with E-state index in [1.165, 1.54) is 0 Å². The molecule has 3 aromatic rings. The summed E-state index contributed by atoms with van der Waals surface area (Å²) in [6.45, 7) is 0.553.